The normalized spacial score (nSPS) is 16.6. The van der Waals surface area contributed by atoms with Crippen molar-refractivity contribution in [1.82, 2.24) is 4.90 Å². The number of amides is 1. The lowest BCUT2D eigenvalue weighted by molar-refractivity contribution is -0.126. The minimum absolute atomic E-state index is 0.0831. The molecule has 3 rings (SSSR count). The monoisotopic (exact) mass is 387 g/mol. The Kier molecular flexibility index (Phi) is 6.13. The molecule has 1 heterocycles. The van der Waals surface area contributed by atoms with E-state index in [4.69, 9.17) is 9.47 Å². The van der Waals surface area contributed by atoms with E-state index in [9.17, 15) is 15.0 Å². The molecule has 27 heavy (non-hydrogen) atoms. The van der Waals surface area contributed by atoms with Gasteiger partial charge in [-0.1, -0.05) is 18.2 Å². The number of carbonyl (C=O) groups is 1. The van der Waals surface area contributed by atoms with Gasteiger partial charge in [-0.3, -0.25) is 4.79 Å². The molecule has 0 saturated carbocycles. The molecular formula is C20H21NO5S. The number of nitrogens with zero attached hydrogens (tertiary/aromatic N) is 1. The molecule has 2 aromatic rings. The van der Waals surface area contributed by atoms with E-state index < -0.39 is 0 Å². The van der Waals surface area contributed by atoms with Crippen LogP contribution in [-0.4, -0.2) is 52.4 Å². The van der Waals surface area contributed by atoms with Gasteiger partial charge in [-0.25, -0.2) is 0 Å². The molecule has 2 aromatic carbocycles. The van der Waals surface area contributed by atoms with Crippen LogP contribution in [0.25, 0.3) is 6.08 Å². The molecule has 0 spiro atoms. The van der Waals surface area contributed by atoms with Gasteiger partial charge in [0.2, 0.25) is 5.91 Å². The topological polar surface area (TPSA) is 79.2 Å². The van der Waals surface area contributed by atoms with Crippen LogP contribution in [0.5, 0.6) is 23.0 Å². The molecule has 1 unspecified atom stereocenters. The van der Waals surface area contributed by atoms with Gasteiger partial charge < -0.3 is 24.6 Å². The smallest absolute Gasteiger partial charge is 0.247 e. The van der Waals surface area contributed by atoms with Gasteiger partial charge in [-0.15, -0.1) is 11.8 Å². The summed E-state index contributed by atoms with van der Waals surface area (Å²) in [6, 6.07) is 11.8. The molecule has 1 atom stereocenters. The molecule has 1 amide bonds. The van der Waals surface area contributed by atoms with Gasteiger partial charge in [0.15, 0.2) is 23.0 Å². The van der Waals surface area contributed by atoms with Crippen molar-refractivity contribution in [1.29, 1.82) is 0 Å². The third-order valence-corrected chi connectivity index (χ3v) is 5.34. The van der Waals surface area contributed by atoms with Crippen molar-refractivity contribution >= 4 is 23.7 Å². The number of aromatic hydroxyl groups is 2. The molecule has 0 radical (unpaired) electrons. The molecule has 1 aliphatic rings. The Hall–Kier alpha value is -2.80. The lowest BCUT2D eigenvalue weighted by atomic mass is 10.2. The Morgan fingerprint density at radius 3 is 2.74 bits per heavy atom. The number of thioether (sulfide) groups is 1. The number of benzene rings is 2. The van der Waals surface area contributed by atoms with E-state index in [1.807, 2.05) is 24.3 Å². The predicted molar refractivity (Wildman–Crippen MR) is 105 cm³/mol. The minimum Gasteiger partial charge on any atom is -0.504 e. The summed E-state index contributed by atoms with van der Waals surface area (Å²) in [5.41, 5.74) is 0.632. The summed E-state index contributed by atoms with van der Waals surface area (Å²) in [6.07, 6.45) is 3.08. The average Bonchev–Trinajstić information content (AvgIpc) is 3.16. The fraction of sp³-hybridized carbons (Fsp3) is 0.250. The summed E-state index contributed by atoms with van der Waals surface area (Å²) in [6.45, 7) is 1.01. The van der Waals surface area contributed by atoms with Gasteiger partial charge >= 0.3 is 0 Å². The Morgan fingerprint density at radius 1 is 1.22 bits per heavy atom. The standard InChI is InChI=1S/C20H21NO5S/c1-25-17-4-2-3-5-18(17)26-13-20-21(10-11-27-20)19(24)9-7-14-6-8-15(22)16(23)12-14/h2-9,12,20,22-23H,10-11,13H2,1H3/b9-7+. The van der Waals surface area contributed by atoms with Crippen molar-refractivity contribution in [3.63, 3.8) is 0 Å². The van der Waals surface area contributed by atoms with Crippen molar-refractivity contribution < 1.29 is 24.5 Å². The van der Waals surface area contributed by atoms with E-state index in [1.165, 1.54) is 18.2 Å². The van der Waals surface area contributed by atoms with Crippen LogP contribution in [0.1, 0.15) is 5.56 Å². The van der Waals surface area contributed by atoms with Gasteiger partial charge in [-0.2, -0.15) is 0 Å². The van der Waals surface area contributed by atoms with Gasteiger partial charge in [0, 0.05) is 18.4 Å². The number of para-hydroxylation sites is 2. The number of ether oxygens (including phenoxy) is 2. The predicted octanol–water partition coefficient (Wildman–Crippen LogP) is 3.10. The molecule has 1 aliphatic heterocycles. The largest absolute Gasteiger partial charge is 0.504 e. The number of phenols is 2. The van der Waals surface area contributed by atoms with Crippen LogP contribution in [0.2, 0.25) is 0 Å². The van der Waals surface area contributed by atoms with Crippen LogP contribution in [0.15, 0.2) is 48.5 Å². The van der Waals surface area contributed by atoms with E-state index in [-0.39, 0.29) is 22.8 Å². The molecule has 0 aromatic heterocycles. The van der Waals surface area contributed by atoms with E-state index in [1.54, 1.807) is 35.9 Å². The number of hydrogen-bond donors (Lipinski definition) is 2. The second-order valence-corrected chi connectivity index (χ2v) is 7.19. The fourth-order valence-electron chi connectivity index (χ4n) is 2.72. The molecular weight excluding hydrogens is 366 g/mol. The highest BCUT2D eigenvalue weighted by Crippen LogP contribution is 2.30. The van der Waals surface area contributed by atoms with Crippen molar-refractivity contribution in [2.45, 2.75) is 5.37 Å². The summed E-state index contributed by atoms with van der Waals surface area (Å²) >= 11 is 1.67. The molecule has 0 aliphatic carbocycles. The summed E-state index contributed by atoms with van der Waals surface area (Å²) in [7, 11) is 1.59. The molecule has 1 saturated heterocycles. The SMILES string of the molecule is COc1ccccc1OCC1SCCN1C(=O)/C=C/c1ccc(O)c(O)c1. The first-order chi connectivity index (χ1) is 13.1. The zero-order valence-electron chi connectivity index (χ0n) is 14.9. The van der Waals surface area contributed by atoms with Crippen LogP contribution in [0.4, 0.5) is 0 Å². The highest BCUT2D eigenvalue weighted by Gasteiger charge is 2.29. The highest BCUT2D eigenvalue weighted by molar-refractivity contribution is 8.00. The van der Waals surface area contributed by atoms with Crippen LogP contribution >= 0.6 is 11.8 Å². The Bertz CT molecular complexity index is 839. The van der Waals surface area contributed by atoms with Crippen molar-refractivity contribution in [2.75, 3.05) is 26.0 Å². The van der Waals surface area contributed by atoms with E-state index in [2.05, 4.69) is 0 Å². The number of rotatable bonds is 6. The number of hydrogen-bond acceptors (Lipinski definition) is 6. The molecule has 6 nitrogen and oxygen atoms in total. The first kappa shape index (κ1) is 19.0. The zero-order valence-corrected chi connectivity index (χ0v) is 15.7. The summed E-state index contributed by atoms with van der Waals surface area (Å²) in [5, 5.41) is 18.8. The number of carbonyl (C=O) groups excluding carboxylic acids is 1. The first-order valence-electron chi connectivity index (χ1n) is 8.46. The van der Waals surface area contributed by atoms with Crippen LogP contribution in [0, 0.1) is 0 Å². The van der Waals surface area contributed by atoms with E-state index >= 15 is 0 Å². The summed E-state index contributed by atoms with van der Waals surface area (Å²) < 4.78 is 11.1. The lowest BCUT2D eigenvalue weighted by Crippen LogP contribution is -2.37. The first-order valence-corrected chi connectivity index (χ1v) is 9.51. The van der Waals surface area contributed by atoms with Gasteiger partial charge in [-0.05, 0) is 35.9 Å². The maximum atomic E-state index is 12.5. The van der Waals surface area contributed by atoms with Crippen molar-refractivity contribution in [2.24, 2.45) is 0 Å². The highest BCUT2D eigenvalue weighted by atomic mass is 32.2. The molecule has 1 fully saturated rings. The van der Waals surface area contributed by atoms with Crippen LogP contribution in [-0.2, 0) is 4.79 Å². The maximum Gasteiger partial charge on any atom is 0.247 e. The third kappa shape index (κ3) is 4.68. The number of methoxy groups -OCH3 is 1. The van der Waals surface area contributed by atoms with E-state index in [0.29, 0.717) is 30.2 Å². The maximum absolute atomic E-state index is 12.5. The number of phenolic OH excluding ortho intramolecular Hbond substituents is 2. The summed E-state index contributed by atoms with van der Waals surface area (Å²) in [4.78, 5) is 14.3. The minimum atomic E-state index is -0.218. The molecule has 142 valence electrons. The van der Waals surface area contributed by atoms with Gasteiger partial charge in [0.1, 0.15) is 12.0 Å². The van der Waals surface area contributed by atoms with Gasteiger partial charge in [0.25, 0.3) is 0 Å². The van der Waals surface area contributed by atoms with Crippen molar-refractivity contribution in [3.8, 4) is 23.0 Å². The van der Waals surface area contributed by atoms with Crippen LogP contribution < -0.4 is 9.47 Å². The molecule has 7 heteroatoms. The summed E-state index contributed by atoms with van der Waals surface area (Å²) in [5.74, 6) is 1.62. The quantitative estimate of drug-likeness (QED) is 0.586. The second-order valence-electron chi connectivity index (χ2n) is 5.90. The molecule has 0 bridgehead atoms. The van der Waals surface area contributed by atoms with E-state index in [0.717, 1.165) is 5.75 Å². The zero-order chi connectivity index (χ0) is 19.2. The Balaban J connectivity index is 1.62. The Morgan fingerprint density at radius 2 is 2.00 bits per heavy atom. The fourth-order valence-corrected chi connectivity index (χ4v) is 3.85. The molecule has 2 N–H and O–H groups in total. The Labute approximate surface area is 162 Å². The lowest BCUT2D eigenvalue weighted by Gasteiger charge is -2.23. The second kappa shape index (κ2) is 8.73. The van der Waals surface area contributed by atoms with Gasteiger partial charge in [0.05, 0.1) is 7.11 Å². The average molecular weight is 387 g/mol. The van der Waals surface area contributed by atoms with Crippen molar-refractivity contribution in [3.05, 3.63) is 54.1 Å². The third-order valence-electron chi connectivity index (χ3n) is 4.14. The van der Waals surface area contributed by atoms with Crippen LogP contribution in [0.3, 0.4) is 0 Å².